The summed E-state index contributed by atoms with van der Waals surface area (Å²) >= 11 is 1.53. The average molecular weight is 359 g/mol. The first-order valence-corrected chi connectivity index (χ1v) is 9.18. The quantitative estimate of drug-likeness (QED) is 0.753. The molecule has 0 atom stereocenters. The predicted octanol–water partition coefficient (Wildman–Crippen LogP) is 5.18. The Kier molecular flexibility index (Phi) is 6.46. The van der Waals surface area contributed by atoms with E-state index in [-0.39, 0.29) is 0 Å². The van der Waals surface area contributed by atoms with Crippen molar-refractivity contribution in [3.05, 3.63) is 28.8 Å². The first-order valence-electron chi connectivity index (χ1n) is 8.36. The second-order valence-corrected chi connectivity index (χ2v) is 6.81. The molecule has 0 N–H and O–H groups in total. The molecule has 0 amide bonds. The Labute approximate surface area is 145 Å². The lowest BCUT2D eigenvalue weighted by molar-refractivity contribution is -0.143. The number of hydrogen-bond donors (Lipinski definition) is 0. The summed E-state index contributed by atoms with van der Waals surface area (Å²) in [4.78, 5) is 4.37. The van der Waals surface area contributed by atoms with Gasteiger partial charge in [-0.1, -0.05) is 20.3 Å². The van der Waals surface area contributed by atoms with Gasteiger partial charge in [-0.15, -0.1) is 11.3 Å². The van der Waals surface area contributed by atoms with Crippen LogP contribution in [0, 0.1) is 0 Å². The molecule has 7 heteroatoms. The van der Waals surface area contributed by atoms with Crippen molar-refractivity contribution in [3.8, 4) is 10.6 Å². The summed E-state index contributed by atoms with van der Waals surface area (Å²) in [6.45, 7) is 7.09. The van der Waals surface area contributed by atoms with Crippen LogP contribution in [0.3, 0.4) is 0 Å². The van der Waals surface area contributed by atoms with Crippen molar-refractivity contribution in [1.29, 1.82) is 0 Å². The van der Waals surface area contributed by atoms with Gasteiger partial charge in [0.15, 0.2) is 0 Å². The zero-order chi connectivity index (χ0) is 17.7. The van der Waals surface area contributed by atoms with E-state index in [0.29, 0.717) is 5.69 Å². The van der Waals surface area contributed by atoms with E-state index < -0.39 is 11.9 Å². The molecule has 0 aromatic carbocycles. The standard InChI is InChI=1S/C15H18F3N3S.C2H6/c1-20-14(15(16,17)18)9-12(19-20)13-6-5-11(22-13)10-21-7-3-2-4-8-21;1-2/h5-6,9H,2-4,7-8,10H2,1H3;1-2H3. The predicted molar refractivity (Wildman–Crippen MR) is 92.0 cm³/mol. The minimum atomic E-state index is -4.37. The highest BCUT2D eigenvalue weighted by Crippen LogP contribution is 2.34. The highest BCUT2D eigenvalue weighted by Gasteiger charge is 2.35. The van der Waals surface area contributed by atoms with Crippen LogP contribution in [0.1, 0.15) is 43.7 Å². The van der Waals surface area contributed by atoms with Gasteiger partial charge in [0.25, 0.3) is 0 Å². The number of likely N-dealkylation sites (tertiary alicyclic amines) is 1. The van der Waals surface area contributed by atoms with Gasteiger partial charge in [-0.05, 0) is 44.1 Å². The van der Waals surface area contributed by atoms with Crippen LogP contribution in [-0.4, -0.2) is 27.8 Å². The molecule has 1 saturated heterocycles. The summed E-state index contributed by atoms with van der Waals surface area (Å²) in [5.41, 5.74) is -0.321. The van der Waals surface area contributed by atoms with Crippen molar-refractivity contribution in [1.82, 2.24) is 14.7 Å². The largest absolute Gasteiger partial charge is 0.433 e. The van der Waals surface area contributed by atoms with Gasteiger partial charge in [0.2, 0.25) is 0 Å². The van der Waals surface area contributed by atoms with E-state index in [0.717, 1.165) is 35.3 Å². The van der Waals surface area contributed by atoms with Crippen molar-refractivity contribution >= 4 is 11.3 Å². The van der Waals surface area contributed by atoms with Crippen LogP contribution in [-0.2, 0) is 19.8 Å². The van der Waals surface area contributed by atoms with Gasteiger partial charge in [0.1, 0.15) is 11.4 Å². The Balaban J connectivity index is 0.00000100. The monoisotopic (exact) mass is 359 g/mol. The van der Waals surface area contributed by atoms with Crippen molar-refractivity contribution in [2.75, 3.05) is 13.1 Å². The van der Waals surface area contributed by atoms with Gasteiger partial charge in [-0.25, -0.2) is 0 Å². The van der Waals surface area contributed by atoms with E-state index in [1.165, 1.54) is 42.5 Å². The molecule has 1 fully saturated rings. The van der Waals surface area contributed by atoms with Gasteiger partial charge in [-0.2, -0.15) is 18.3 Å². The SMILES string of the molecule is CC.Cn1nc(-c2ccc(CN3CCCCC3)s2)cc1C(F)(F)F. The number of nitrogens with zero attached hydrogens (tertiary/aromatic N) is 3. The summed E-state index contributed by atoms with van der Waals surface area (Å²) in [7, 11) is 1.33. The van der Waals surface area contributed by atoms with Crippen LogP contribution < -0.4 is 0 Å². The number of halogens is 3. The van der Waals surface area contributed by atoms with E-state index in [2.05, 4.69) is 10.00 Å². The fraction of sp³-hybridized carbons (Fsp3) is 0.588. The molecule has 0 unspecified atom stereocenters. The first kappa shape index (κ1) is 19.0. The molecule has 0 radical (unpaired) electrons. The van der Waals surface area contributed by atoms with E-state index in [9.17, 15) is 13.2 Å². The Morgan fingerprint density at radius 1 is 1.12 bits per heavy atom. The minimum absolute atomic E-state index is 0.393. The number of thiophene rings is 1. The van der Waals surface area contributed by atoms with E-state index in [1.807, 2.05) is 26.0 Å². The molecule has 0 bridgehead atoms. The molecule has 2 aromatic heterocycles. The molecule has 0 aliphatic carbocycles. The number of rotatable bonds is 3. The molecule has 0 saturated carbocycles. The Morgan fingerprint density at radius 3 is 2.38 bits per heavy atom. The molecular weight excluding hydrogens is 335 g/mol. The highest BCUT2D eigenvalue weighted by atomic mass is 32.1. The Morgan fingerprint density at radius 2 is 1.79 bits per heavy atom. The molecule has 2 aromatic rings. The maximum Gasteiger partial charge on any atom is 0.433 e. The summed E-state index contributed by atoms with van der Waals surface area (Å²) in [6.07, 6.45) is -0.616. The van der Waals surface area contributed by atoms with Crippen LogP contribution >= 0.6 is 11.3 Å². The van der Waals surface area contributed by atoms with Crippen LogP contribution in [0.15, 0.2) is 18.2 Å². The van der Waals surface area contributed by atoms with Gasteiger partial charge in [0, 0.05) is 18.5 Å². The number of aryl methyl sites for hydroxylation is 1. The van der Waals surface area contributed by atoms with E-state index in [1.54, 1.807) is 0 Å². The maximum atomic E-state index is 12.8. The maximum absolute atomic E-state index is 12.8. The van der Waals surface area contributed by atoms with Crippen LogP contribution in [0.2, 0.25) is 0 Å². The molecule has 1 aliphatic heterocycles. The third-order valence-electron chi connectivity index (χ3n) is 3.91. The lowest BCUT2D eigenvalue weighted by Crippen LogP contribution is -2.28. The Bertz CT molecular complexity index is 640. The average Bonchev–Trinajstić information content (AvgIpc) is 3.16. The number of alkyl halides is 3. The number of aromatic nitrogens is 2. The van der Waals surface area contributed by atoms with Crippen molar-refractivity contribution < 1.29 is 13.2 Å². The molecule has 134 valence electrons. The number of hydrogen-bond acceptors (Lipinski definition) is 3. The molecular formula is C17H24F3N3S. The molecule has 3 heterocycles. The zero-order valence-electron chi connectivity index (χ0n) is 14.4. The van der Waals surface area contributed by atoms with Crippen LogP contribution in [0.4, 0.5) is 13.2 Å². The second kappa shape index (κ2) is 8.16. The summed E-state index contributed by atoms with van der Waals surface area (Å²) < 4.78 is 39.4. The topological polar surface area (TPSA) is 21.1 Å². The lowest BCUT2D eigenvalue weighted by Gasteiger charge is -2.25. The van der Waals surface area contributed by atoms with Gasteiger partial charge in [-0.3, -0.25) is 9.58 Å². The normalized spacial score (nSPS) is 15.9. The third kappa shape index (κ3) is 4.60. The summed E-state index contributed by atoms with van der Waals surface area (Å²) in [6, 6.07) is 4.99. The first-order chi connectivity index (χ1) is 11.4. The van der Waals surface area contributed by atoms with E-state index in [4.69, 9.17) is 0 Å². The van der Waals surface area contributed by atoms with Crippen LogP contribution in [0.5, 0.6) is 0 Å². The van der Waals surface area contributed by atoms with Gasteiger partial charge >= 0.3 is 6.18 Å². The third-order valence-corrected chi connectivity index (χ3v) is 5.00. The van der Waals surface area contributed by atoms with E-state index >= 15 is 0 Å². The molecule has 3 nitrogen and oxygen atoms in total. The molecule has 24 heavy (non-hydrogen) atoms. The molecule has 3 rings (SSSR count). The second-order valence-electron chi connectivity index (χ2n) is 5.64. The smallest absolute Gasteiger partial charge is 0.298 e. The van der Waals surface area contributed by atoms with Crippen LogP contribution in [0.25, 0.3) is 10.6 Å². The van der Waals surface area contributed by atoms with Crippen molar-refractivity contribution in [2.45, 2.75) is 45.8 Å². The zero-order valence-corrected chi connectivity index (χ0v) is 15.2. The van der Waals surface area contributed by atoms with Gasteiger partial charge < -0.3 is 0 Å². The van der Waals surface area contributed by atoms with Crippen molar-refractivity contribution in [3.63, 3.8) is 0 Å². The molecule has 1 aliphatic rings. The van der Waals surface area contributed by atoms with Crippen molar-refractivity contribution in [2.24, 2.45) is 7.05 Å². The summed E-state index contributed by atoms with van der Waals surface area (Å²) in [5.74, 6) is 0. The highest BCUT2D eigenvalue weighted by molar-refractivity contribution is 7.15. The fourth-order valence-corrected chi connectivity index (χ4v) is 3.80. The van der Waals surface area contributed by atoms with Gasteiger partial charge in [0.05, 0.1) is 4.88 Å². The lowest BCUT2D eigenvalue weighted by atomic mass is 10.1. The fourth-order valence-electron chi connectivity index (χ4n) is 2.79. The molecule has 0 spiro atoms. The minimum Gasteiger partial charge on any atom is -0.298 e. The number of piperidine rings is 1. The summed E-state index contributed by atoms with van der Waals surface area (Å²) in [5, 5.41) is 4.00. The Hall–Kier alpha value is -1.34.